The summed E-state index contributed by atoms with van der Waals surface area (Å²) in [5.41, 5.74) is 12.2. The van der Waals surface area contributed by atoms with Gasteiger partial charge in [0.25, 0.3) is 0 Å². The fourth-order valence-corrected chi connectivity index (χ4v) is 8.71. The molecule has 1 aromatic heterocycles. The molecule has 0 N–H and O–H groups in total. The van der Waals surface area contributed by atoms with Gasteiger partial charge in [-0.3, -0.25) is 0 Å². The summed E-state index contributed by atoms with van der Waals surface area (Å²) >= 11 is 6.97. The Morgan fingerprint density at radius 2 is 1.23 bits per heavy atom. The Balaban J connectivity index is 1.25. The molecule has 1 aliphatic carbocycles. The average molecular weight is 637 g/mol. The summed E-state index contributed by atoms with van der Waals surface area (Å²) in [5.74, 6) is 1.60. The summed E-state index contributed by atoms with van der Waals surface area (Å²) in [6.07, 6.45) is 0.787. The summed E-state index contributed by atoms with van der Waals surface area (Å²) in [5, 5.41) is 2.90. The van der Waals surface area contributed by atoms with E-state index in [1.165, 1.54) is 44.5 Å². The third-order valence-corrected chi connectivity index (χ3v) is 10.7. The van der Waals surface area contributed by atoms with E-state index < -0.39 is 5.41 Å². The molecule has 1 atom stereocenters. The number of hydrogen-bond donors (Lipinski definition) is 0. The van der Waals surface area contributed by atoms with Crippen LogP contribution in [0.25, 0.3) is 33.1 Å². The van der Waals surface area contributed by atoms with Gasteiger partial charge in [-0.2, -0.15) is 0 Å². The van der Waals surface area contributed by atoms with Crippen LogP contribution in [0.3, 0.4) is 0 Å². The van der Waals surface area contributed by atoms with Crippen LogP contribution in [0.5, 0.6) is 11.5 Å². The minimum atomic E-state index is -0.618. The summed E-state index contributed by atoms with van der Waals surface area (Å²) in [6, 6.07) is 56.3. The summed E-state index contributed by atoms with van der Waals surface area (Å²) < 4.78 is 13.2. The fraction of sp³-hybridized carbons (Fsp3) is 0.0667. The standard InChI is InChI=1S/C45H29ClO2/c46-39-21-11-20-38-44(39)48-41-23-10-17-34(43(41)45(38)36-18-7-4-14-30(36)31-15-5-8-19-37(31)45)35(29-12-2-1-3-13-29)26-28-24-25-33-32-16-6-9-22-40(32)47-42(33)27-28/h1-25,27,35H,26H2. The first-order valence-corrected chi connectivity index (χ1v) is 16.8. The summed E-state index contributed by atoms with van der Waals surface area (Å²) in [4.78, 5) is 0. The Bertz CT molecular complexity index is 2500. The van der Waals surface area contributed by atoms with Crippen LogP contribution in [0.2, 0.25) is 5.02 Å². The predicted molar refractivity (Wildman–Crippen MR) is 195 cm³/mol. The quantitative estimate of drug-likeness (QED) is 0.192. The number of para-hydroxylation sites is 2. The highest BCUT2D eigenvalue weighted by molar-refractivity contribution is 6.32. The predicted octanol–water partition coefficient (Wildman–Crippen LogP) is 12.1. The van der Waals surface area contributed by atoms with Gasteiger partial charge in [0, 0.05) is 27.8 Å². The third kappa shape index (κ3) is 3.81. The van der Waals surface area contributed by atoms with Crippen molar-refractivity contribution in [2.75, 3.05) is 0 Å². The zero-order chi connectivity index (χ0) is 31.8. The first kappa shape index (κ1) is 27.5. The van der Waals surface area contributed by atoms with Crippen molar-refractivity contribution >= 4 is 33.5 Å². The van der Waals surface area contributed by atoms with Gasteiger partial charge < -0.3 is 9.15 Å². The van der Waals surface area contributed by atoms with E-state index in [1.54, 1.807) is 0 Å². The average Bonchev–Trinajstić information content (AvgIpc) is 3.65. The third-order valence-electron chi connectivity index (χ3n) is 10.4. The Morgan fingerprint density at radius 3 is 2.04 bits per heavy atom. The first-order valence-electron chi connectivity index (χ1n) is 16.5. The van der Waals surface area contributed by atoms with Gasteiger partial charge in [-0.1, -0.05) is 145 Å². The monoisotopic (exact) mass is 636 g/mol. The van der Waals surface area contributed by atoms with Gasteiger partial charge >= 0.3 is 0 Å². The van der Waals surface area contributed by atoms with Gasteiger partial charge in [-0.15, -0.1) is 0 Å². The lowest BCUT2D eigenvalue weighted by Gasteiger charge is -2.42. The van der Waals surface area contributed by atoms with E-state index in [4.69, 9.17) is 20.8 Å². The van der Waals surface area contributed by atoms with Crippen molar-refractivity contribution in [3.63, 3.8) is 0 Å². The highest BCUT2D eigenvalue weighted by Crippen LogP contribution is 2.64. The molecule has 0 radical (unpaired) electrons. The van der Waals surface area contributed by atoms with Gasteiger partial charge in [0.1, 0.15) is 16.9 Å². The Hall–Kier alpha value is -5.57. The van der Waals surface area contributed by atoms with Gasteiger partial charge in [0.15, 0.2) is 5.75 Å². The molecule has 1 unspecified atom stereocenters. The van der Waals surface area contributed by atoms with Crippen molar-refractivity contribution in [2.45, 2.75) is 17.8 Å². The molecule has 0 amide bonds. The van der Waals surface area contributed by atoms with Gasteiger partial charge in [0.2, 0.25) is 0 Å². The number of furan rings is 1. The second-order valence-corrected chi connectivity index (χ2v) is 13.3. The summed E-state index contributed by atoms with van der Waals surface area (Å²) in [6.45, 7) is 0. The van der Waals surface area contributed by atoms with Crippen LogP contribution in [0, 0.1) is 0 Å². The number of benzene rings is 7. The number of fused-ring (bicyclic) bond motifs is 12. The zero-order valence-electron chi connectivity index (χ0n) is 26.0. The maximum atomic E-state index is 6.97. The van der Waals surface area contributed by atoms with E-state index in [1.807, 2.05) is 18.2 Å². The van der Waals surface area contributed by atoms with Crippen molar-refractivity contribution in [1.82, 2.24) is 0 Å². The molecule has 0 fully saturated rings. The first-order chi connectivity index (χ1) is 23.7. The molecule has 0 saturated carbocycles. The molecule has 8 aromatic rings. The van der Waals surface area contributed by atoms with Crippen LogP contribution < -0.4 is 4.74 Å². The van der Waals surface area contributed by atoms with Crippen molar-refractivity contribution in [2.24, 2.45) is 0 Å². The molecular weight excluding hydrogens is 608 g/mol. The largest absolute Gasteiger partial charge is 0.456 e. The maximum absolute atomic E-state index is 6.97. The molecule has 0 saturated heterocycles. The van der Waals surface area contributed by atoms with Gasteiger partial charge in [-0.25, -0.2) is 0 Å². The van der Waals surface area contributed by atoms with E-state index in [-0.39, 0.29) is 5.92 Å². The van der Waals surface area contributed by atoms with Crippen LogP contribution in [0.1, 0.15) is 44.9 Å². The van der Waals surface area contributed by atoms with Crippen LogP contribution in [-0.4, -0.2) is 0 Å². The SMILES string of the molecule is Clc1cccc2c1Oc1cccc(C(Cc3ccc4c(c3)oc3ccccc34)c3ccccc3)c1C21c2ccccc2-c2ccccc21. The molecule has 2 nitrogen and oxygen atoms in total. The Kier molecular flexibility index (Phi) is 6.01. The molecular formula is C45H29ClO2. The lowest BCUT2D eigenvalue weighted by atomic mass is 9.63. The minimum Gasteiger partial charge on any atom is -0.456 e. The molecule has 48 heavy (non-hydrogen) atoms. The van der Waals surface area contributed by atoms with Crippen molar-refractivity contribution in [3.05, 3.63) is 202 Å². The normalized spacial score (nSPS) is 14.3. The van der Waals surface area contributed by atoms with Gasteiger partial charge in [-0.05, 0) is 69.6 Å². The molecule has 3 heteroatoms. The maximum Gasteiger partial charge on any atom is 0.150 e. The number of halogens is 1. The Morgan fingerprint density at radius 1 is 0.562 bits per heavy atom. The summed E-state index contributed by atoms with van der Waals surface area (Å²) in [7, 11) is 0. The highest BCUT2D eigenvalue weighted by Gasteiger charge is 2.53. The van der Waals surface area contributed by atoms with Gasteiger partial charge in [0.05, 0.1) is 10.4 Å². The Labute approximate surface area is 283 Å². The molecule has 2 heterocycles. The minimum absolute atomic E-state index is 0.0316. The van der Waals surface area contributed by atoms with E-state index in [2.05, 4.69) is 140 Å². The van der Waals surface area contributed by atoms with Crippen LogP contribution in [-0.2, 0) is 11.8 Å². The lowest BCUT2D eigenvalue weighted by Crippen LogP contribution is -2.34. The molecule has 1 spiro atoms. The van der Waals surface area contributed by atoms with E-state index in [0.717, 1.165) is 45.4 Å². The molecule has 7 aromatic carbocycles. The fourth-order valence-electron chi connectivity index (χ4n) is 8.50. The van der Waals surface area contributed by atoms with Crippen LogP contribution in [0.4, 0.5) is 0 Å². The molecule has 2 aliphatic rings. The molecule has 0 bridgehead atoms. The number of hydrogen-bond acceptors (Lipinski definition) is 2. The van der Waals surface area contributed by atoms with Crippen molar-refractivity contribution < 1.29 is 9.15 Å². The topological polar surface area (TPSA) is 22.4 Å². The van der Waals surface area contributed by atoms with E-state index in [9.17, 15) is 0 Å². The number of rotatable bonds is 4. The molecule has 228 valence electrons. The zero-order valence-corrected chi connectivity index (χ0v) is 26.7. The van der Waals surface area contributed by atoms with Crippen molar-refractivity contribution in [3.8, 4) is 22.6 Å². The van der Waals surface area contributed by atoms with Crippen molar-refractivity contribution in [1.29, 1.82) is 0 Å². The van der Waals surface area contributed by atoms with Crippen LogP contribution >= 0.6 is 11.6 Å². The highest BCUT2D eigenvalue weighted by atomic mass is 35.5. The van der Waals surface area contributed by atoms with E-state index in [0.29, 0.717) is 5.02 Å². The molecule has 1 aliphatic heterocycles. The van der Waals surface area contributed by atoms with Crippen LogP contribution in [0.15, 0.2) is 162 Å². The van der Waals surface area contributed by atoms with E-state index >= 15 is 0 Å². The second kappa shape index (κ2) is 10.5. The second-order valence-electron chi connectivity index (χ2n) is 12.9. The molecule has 10 rings (SSSR count). The lowest BCUT2D eigenvalue weighted by molar-refractivity contribution is 0.433. The smallest absolute Gasteiger partial charge is 0.150 e. The number of ether oxygens (including phenoxy) is 1.